The molecule has 3 amide bonds. The number of hydrogen-bond acceptors (Lipinski definition) is 7. The molecule has 9 nitrogen and oxygen atoms in total. The van der Waals surface area contributed by atoms with Crippen LogP contribution in [0.25, 0.3) is 0 Å². The van der Waals surface area contributed by atoms with Crippen LogP contribution in [0.5, 0.6) is 11.5 Å². The molecule has 1 aromatic heterocycles. The predicted octanol–water partition coefficient (Wildman–Crippen LogP) is 4.60. The summed E-state index contributed by atoms with van der Waals surface area (Å²) in [6.07, 6.45) is 3.98. The number of hydrogen-bond donors (Lipinski definition) is 2. The average Bonchev–Trinajstić information content (AvgIpc) is 2.86. The molecule has 2 aromatic rings. The highest BCUT2D eigenvalue weighted by atomic mass is 32.2. The van der Waals surface area contributed by atoms with Crippen molar-refractivity contribution >= 4 is 45.5 Å². The number of aromatic nitrogens is 1. The van der Waals surface area contributed by atoms with Gasteiger partial charge in [0.05, 0.1) is 0 Å². The van der Waals surface area contributed by atoms with E-state index in [1.807, 2.05) is 0 Å². The van der Waals surface area contributed by atoms with E-state index in [9.17, 15) is 18.4 Å². The van der Waals surface area contributed by atoms with Gasteiger partial charge in [0.15, 0.2) is 0 Å². The number of ether oxygens (including phenoxy) is 2. The van der Waals surface area contributed by atoms with Crippen LogP contribution in [0.15, 0.2) is 59.2 Å². The molecule has 37 heavy (non-hydrogen) atoms. The van der Waals surface area contributed by atoms with Gasteiger partial charge in [-0.15, -0.1) is 11.8 Å². The zero-order valence-corrected chi connectivity index (χ0v) is 21.9. The summed E-state index contributed by atoms with van der Waals surface area (Å²) in [6, 6.07) is 8.82. The van der Waals surface area contributed by atoms with Gasteiger partial charge in [-0.1, -0.05) is 6.07 Å². The van der Waals surface area contributed by atoms with Crippen molar-refractivity contribution in [2.24, 2.45) is 4.99 Å². The third-order valence-electron chi connectivity index (χ3n) is 5.12. The number of benzene rings is 1. The molecule has 2 N–H and O–H groups in total. The standard InChI is InChI=1S/C24H28F2N5O4PS/c1-27-9-13-37-14-10-29-22(32)17-5-8-28-21(15-17)30-23(33)31-11-6-18(7-12-31)34-19-3-2-4-20(16-19)35-24(25,26)36/h2-5,8-9,13,15-16,18H,1,6-7,10-12,14,36H2,(H,29,32)(H,28,30,33)/b13-9-. The number of carbonyl (C=O) groups excluding carboxylic acids is 2. The van der Waals surface area contributed by atoms with Crippen LogP contribution in [0.3, 0.4) is 0 Å². The van der Waals surface area contributed by atoms with E-state index in [0.717, 1.165) is 0 Å². The number of nitrogens with zero attached hydrogens (tertiary/aromatic N) is 3. The Balaban J connectivity index is 1.45. The molecule has 1 fully saturated rings. The Labute approximate surface area is 220 Å². The Morgan fingerprint density at radius 1 is 1.27 bits per heavy atom. The third kappa shape index (κ3) is 9.97. The Morgan fingerprint density at radius 2 is 2.03 bits per heavy atom. The van der Waals surface area contributed by atoms with E-state index >= 15 is 0 Å². The monoisotopic (exact) mass is 551 g/mol. The molecular formula is C24H28F2N5O4PS. The van der Waals surface area contributed by atoms with Gasteiger partial charge in [-0.3, -0.25) is 15.1 Å². The van der Waals surface area contributed by atoms with Crippen LogP contribution in [0.4, 0.5) is 19.4 Å². The number of halogens is 2. The number of alkyl halides is 2. The second-order valence-corrected chi connectivity index (χ2v) is 9.58. The van der Waals surface area contributed by atoms with E-state index in [-0.39, 0.29) is 29.6 Å². The SMILES string of the molecule is C=N/C=C\SCCNC(=O)c1ccnc(NC(=O)N2CCC(Oc3cccc(OC(F)(F)P)c3)CC2)c1. The molecule has 1 aromatic carbocycles. The predicted molar refractivity (Wildman–Crippen MR) is 144 cm³/mol. The van der Waals surface area contributed by atoms with Gasteiger partial charge in [-0.25, -0.2) is 9.78 Å². The summed E-state index contributed by atoms with van der Waals surface area (Å²) >= 11 is 1.50. The highest BCUT2D eigenvalue weighted by Crippen LogP contribution is 2.30. The molecule has 1 aliphatic rings. The van der Waals surface area contributed by atoms with E-state index in [0.29, 0.717) is 49.5 Å². The topological polar surface area (TPSA) is 105 Å². The normalized spacial score (nSPS) is 14.3. The number of likely N-dealkylation sites (tertiary alicyclic amines) is 1. The molecule has 3 rings (SSSR count). The van der Waals surface area contributed by atoms with E-state index in [1.54, 1.807) is 34.7 Å². The number of anilines is 1. The summed E-state index contributed by atoms with van der Waals surface area (Å²) in [5, 5.41) is 7.32. The minimum absolute atomic E-state index is 0.00478. The van der Waals surface area contributed by atoms with Gasteiger partial charge in [0.2, 0.25) is 0 Å². The molecule has 0 saturated carbocycles. The number of aliphatic imine (C=N–C) groups is 1. The van der Waals surface area contributed by atoms with E-state index < -0.39 is 5.85 Å². The van der Waals surface area contributed by atoms with E-state index in [1.165, 1.54) is 45.4 Å². The summed E-state index contributed by atoms with van der Waals surface area (Å²) in [4.78, 5) is 34.4. The summed E-state index contributed by atoms with van der Waals surface area (Å²) in [7, 11) is 1.33. The van der Waals surface area contributed by atoms with E-state index in [2.05, 4.69) is 32.1 Å². The average molecular weight is 552 g/mol. The number of nitrogens with one attached hydrogen (secondary N) is 2. The Morgan fingerprint density at radius 3 is 2.76 bits per heavy atom. The van der Waals surface area contributed by atoms with Crippen molar-refractivity contribution in [2.45, 2.75) is 24.8 Å². The lowest BCUT2D eigenvalue weighted by Crippen LogP contribution is -2.43. The Kier molecular flexibility index (Phi) is 10.6. The second kappa shape index (κ2) is 13.9. The summed E-state index contributed by atoms with van der Waals surface area (Å²) in [6.45, 7) is 4.68. The van der Waals surface area contributed by atoms with Crippen LogP contribution < -0.4 is 20.1 Å². The molecule has 1 atom stereocenters. The number of amides is 3. The van der Waals surface area contributed by atoms with E-state index in [4.69, 9.17) is 4.74 Å². The largest absolute Gasteiger partial charge is 0.490 e. The minimum Gasteiger partial charge on any atom is -0.490 e. The first-order valence-corrected chi connectivity index (χ1v) is 13.0. The lowest BCUT2D eigenvalue weighted by Gasteiger charge is -2.32. The lowest BCUT2D eigenvalue weighted by molar-refractivity contribution is -0.0893. The van der Waals surface area contributed by atoms with Gasteiger partial charge < -0.3 is 19.7 Å². The third-order valence-corrected chi connectivity index (χ3v) is 5.99. The molecule has 0 bridgehead atoms. The van der Waals surface area contributed by atoms with Crippen LogP contribution in [-0.2, 0) is 0 Å². The van der Waals surface area contributed by atoms with Gasteiger partial charge in [-0.2, -0.15) is 8.78 Å². The minimum atomic E-state index is -3.37. The smallest absolute Gasteiger partial charge is 0.408 e. The number of pyridine rings is 1. The van der Waals surface area contributed by atoms with Gasteiger partial charge in [0, 0.05) is 62.3 Å². The second-order valence-electron chi connectivity index (χ2n) is 7.90. The highest BCUT2D eigenvalue weighted by Gasteiger charge is 2.26. The van der Waals surface area contributed by atoms with Crippen LogP contribution in [0, 0.1) is 0 Å². The van der Waals surface area contributed by atoms with Crippen molar-refractivity contribution in [3.63, 3.8) is 0 Å². The van der Waals surface area contributed by atoms with Crippen molar-refractivity contribution in [3.05, 3.63) is 59.8 Å². The van der Waals surface area contributed by atoms with Gasteiger partial charge >= 0.3 is 11.9 Å². The molecule has 0 aliphatic carbocycles. The zero-order chi connectivity index (χ0) is 26.7. The lowest BCUT2D eigenvalue weighted by atomic mass is 10.1. The fourth-order valence-electron chi connectivity index (χ4n) is 3.45. The quantitative estimate of drug-likeness (QED) is 0.240. The molecule has 1 unspecified atom stereocenters. The molecule has 198 valence electrons. The molecule has 13 heteroatoms. The number of urea groups is 1. The molecule has 0 radical (unpaired) electrons. The maximum absolute atomic E-state index is 13.1. The Bertz CT molecular complexity index is 1110. The van der Waals surface area contributed by atoms with Gasteiger partial charge in [0.25, 0.3) is 5.91 Å². The van der Waals surface area contributed by atoms with Gasteiger partial charge in [-0.05, 0) is 45.6 Å². The molecule has 1 saturated heterocycles. The fourth-order valence-corrected chi connectivity index (χ4v) is 4.11. The summed E-state index contributed by atoms with van der Waals surface area (Å²) < 4.78 is 36.6. The van der Waals surface area contributed by atoms with Crippen molar-refractivity contribution in [1.82, 2.24) is 15.2 Å². The number of piperidine rings is 1. The number of thioether (sulfide) groups is 1. The Hall–Kier alpha value is -3.24. The maximum atomic E-state index is 13.1. The summed E-state index contributed by atoms with van der Waals surface area (Å²) in [5.41, 5.74) is 0.386. The summed E-state index contributed by atoms with van der Waals surface area (Å²) in [5.74, 6) is -2.27. The van der Waals surface area contributed by atoms with Crippen molar-refractivity contribution in [3.8, 4) is 11.5 Å². The first kappa shape index (κ1) is 28.3. The molecule has 1 aliphatic heterocycles. The van der Waals surface area contributed by atoms with Gasteiger partial charge in [0.1, 0.15) is 23.4 Å². The molecule has 0 spiro atoms. The first-order valence-electron chi connectivity index (χ1n) is 11.4. The number of carbonyl (C=O) groups is 2. The highest BCUT2D eigenvalue weighted by molar-refractivity contribution is 8.02. The van der Waals surface area contributed by atoms with Crippen LogP contribution in [0.2, 0.25) is 0 Å². The first-order chi connectivity index (χ1) is 17.7. The van der Waals surface area contributed by atoms with Crippen LogP contribution >= 0.6 is 21.0 Å². The van der Waals surface area contributed by atoms with Crippen molar-refractivity contribution in [1.29, 1.82) is 0 Å². The molecular weight excluding hydrogens is 523 g/mol. The maximum Gasteiger partial charge on any atom is 0.408 e. The van der Waals surface area contributed by atoms with Crippen LogP contribution in [-0.4, -0.2) is 65.9 Å². The van der Waals surface area contributed by atoms with Crippen molar-refractivity contribution in [2.75, 3.05) is 30.7 Å². The zero-order valence-electron chi connectivity index (χ0n) is 19.9. The van der Waals surface area contributed by atoms with Crippen LogP contribution in [0.1, 0.15) is 23.2 Å². The molecule has 2 heterocycles. The van der Waals surface area contributed by atoms with Crippen molar-refractivity contribution < 1.29 is 27.8 Å². The fraction of sp³-hybridized carbons (Fsp3) is 0.333. The number of rotatable bonds is 11.